The third kappa shape index (κ3) is 4.62. The number of esters is 1. The Balaban J connectivity index is 1.45. The van der Waals surface area contributed by atoms with E-state index in [-0.39, 0.29) is 23.7 Å². The monoisotopic (exact) mass is 475 g/mol. The van der Waals surface area contributed by atoms with Crippen molar-refractivity contribution in [2.45, 2.75) is 38.5 Å². The van der Waals surface area contributed by atoms with E-state index in [1.165, 1.54) is 0 Å². The maximum atomic E-state index is 13.6. The summed E-state index contributed by atoms with van der Waals surface area (Å²) in [5, 5.41) is 4.55. The number of methoxy groups -OCH3 is 1. The number of likely N-dealkylation sites (tertiary alicyclic amines) is 1. The van der Waals surface area contributed by atoms with Crippen LogP contribution < -0.4 is 4.74 Å². The van der Waals surface area contributed by atoms with Gasteiger partial charge in [-0.3, -0.25) is 9.59 Å². The first-order chi connectivity index (χ1) is 17.1. The SMILES string of the molecule is CCOC(=O)C1CCCN(C(=O)c2cnn(-c3nccc(-c4ccccc4OC)n3)c2C2CC2)C1. The number of aromatic nitrogens is 4. The lowest BCUT2D eigenvalue weighted by molar-refractivity contribution is -0.149. The summed E-state index contributed by atoms with van der Waals surface area (Å²) < 4.78 is 12.4. The number of para-hydroxylation sites is 1. The number of benzene rings is 1. The highest BCUT2D eigenvalue weighted by molar-refractivity contribution is 5.96. The van der Waals surface area contributed by atoms with Crippen molar-refractivity contribution in [1.29, 1.82) is 0 Å². The molecule has 1 aromatic carbocycles. The number of hydrogen-bond acceptors (Lipinski definition) is 7. The standard InChI is InChI=1S/C26H29N5O4/c1-3-35-25(33)18-7-6-14-30(16-18)24(32)20-15-28-31(23(20)17-10-11-17)26-27-13-12-21(29-26)19-8-4-5-9-22(19)34-2/h4-5,8-9,12-13,15,17-18H,3,6-7,10-11,14,16H2,1-2H3. The first-order valence-electron chi connectivity index (χ1n) is 12.1. The smallest absolute Gasteiger partial charge is 0.310 e. The van der Waals surface area contributed by atoms with E-state index >= 15 is 0 Å². The highest BCUT2D eigenvalue weighted by Gasteiger charge is 2.37. The first kappa shape index (κ1) is 23.0. The fourth-order valence-corrected chi connectivity index (χ4v) is 4.67. The molecule has 35 heavy (non-hydrogen) atoms. The lowest BCUT2D eigenvalue weighted by Gasteiger charge is -2.31. The van der Waals surface area contributed by atoms with Gasteiger partial charge in [-0.25, -0.2) is 14.6 Å². The molecule has 1 aliphatic heterocycles. The van der Waals surface area contributed by atoms with Crippen molar-refractivity contribution >= 4 is 11.9 Å². The van der Waals surface area contributed by atoms with Crippen molar-refractivity contribution < 1.29 is 19.1 Å². The van der Waals surface area contributed by atoms with E-state index in [9.17, 15) is 9.59 Å². The summed E-state index contributed by atoms with van der Waals surface area (Å²) in [7, 11) is 1.63. The summed E-state index contributed by atoms with van der Waals surface area (Å²) in [5.41, 5.74) is 2.97. The van der Waals surface area contributed by atoms with Crippen molar-refractivity contribution in [3.8, 4) is 23.0 Å². The molecule has 5 rings (SSSR count). The van der Waals surface area contributed by atoms with Crippen molar-refractivity contribution in [2.24, 2.45) is 5.92 Å². The topological polar surface area (TPSA) is 99.4 Å². The summed E-state index contributed by atoms with van der Waals surface area (Å²) in [5.74, 6) is 0.751. The molecule has 0 radical (unpaired) electrons. The van der Waals surface area contributed by atoms with Crippen LogP contribution in [0.15, 0.2) is 42.7 Å². The van der Waals surface area contributed by atoms with Gasteiger partial charge in [-0.15, -0.1) is 0 Å². The molecule has 0 bridgehead atoms. The zero-order valence-electron chi connectivity index (χ0n) is 20.0. The Morgan fingerprint density at radius 2 is 1.97 bits per heavy atom. The first-order valence-corrected chi connectivity index (χ1v) is 12.1. The van der Waals surface area contributed by atoms with Gasteiger partial charge in [0.05, 0.1) is 42.8 Å². The van der Waals surface area contributed by atoms with Crippen LogP contribution in [0.4, 0.5) is 0 Å². The van der Waals surface area contributed by atoms with Crippen molar-refractivity contribution in [1.82, 2.24) is 24.6 Å². The van der Waals surface area contributed by atoms with Gasteiger partial charge in [0.1, 0.15) is 5.75 Å². The predicted molar refractivity (Wildman–Crippen MR) is 128 cm³/mol. The molecule has 1 saturated heterocycles. The van der Waals surface area contributed by atoms with Gasteiger partial charge in [0, 0.05) is 30.8 Å². The Morgan fingerprint density at radius 1 is 1.14 bits per heavy atom. The number of hydrogen-bond donors (Lipinski definition) is 0. The van der Waals surface area contributed by atoms with Crippen LogP contribution in [0, 0.1) is 5.92 Å². The van der Waals surface area contributed by atoms with E-state index < -0.39 is 0 Å². The molecular formula is C26H29N5O4. The molecule has 1 unspecified atom stereocenters. The summed E-state index contributed by atoms with van der Waals surface area (Å²) in [4.78, 5) is 36.8. The molecule has 9 nitrogen and oxygen atoms in total. The lowest BCUT2D eigenvalue weighted by Crippen LogP contribution is -2.43. The van der Waals surface area contributed by atoms with Crippen LogP contribution in [0.25, 0.3) is 17.2 Å². The normalized spacial score (nSPS) is 17.8. The van der Waals surface area contributed by atoms with Crippen LogP contribution in [0.1, 0.15) is 54.6 Å². The number of rotatable bonds is 7. The molecule has 1 aliphatic carbocycles. The second-order valence-electron chi connectivity index (χ2n) is 8.91. The Kier molecular flexibility index (Phi) is 6.48. The van der Waals surface area contributed by atoms with Gasteiger partial charge in [0.2, 0.25) is 0 Å². The average molecular weight is 476 g/mol. The van der Waals surface area contributed by atoms with Gasteiger partial charge in [0.25, 0.3) is 11.9 Å². The van der Waals surface area contributed by atoms with Crippen LogP contribution in [0.5, 0.6) is 5.75 Å². The number of ether oxygens (including phenoxy) is 2. The molecule has 1 atom stereocenters. The van der Waals surface area contributed by atoms with E-state index in [2.05, 4.69) is 10.1 Å². The third-order valence-electron chi connectivity index (χ3n) is 6.54. The maximum Gasteiger partial charge on any atom is 0.310 e. The molecule has 3 heterocycles. The van der Waals surface area contributed by atoms with Gasteiger partial charge in [-0.1, -0.05) is 12.1 Å². The van der Waals surface area contributed by atoms with Gasteiger partial charge in [-0.05, 0) is 50.8 Å². The number of amides is 1. The minimum Gasteiger partial charge on any atom is -0.496 e. The van der Waals surface area contributed by atoms with E-state index in [1.54, 1.807) is 36.0 Å². The van der Waals surface area contributed by atoms with E-state index in [0.717, 1.165) is 42.7 Å². The van der Waals surface area contributed by atoms with Crippen molar-refractivity contribution in [2.75, 3.05) is 26.8 Å². The molecule has 3 aromatic rings. The maximum absolute atomic E-state index is 13.6. The second-order valence-corrected chi connectivity index (χ2v) is 8.91. The molecule has 2 aliphatic rings. The average Bonchev–Trinajstić information content (AvgIpc) is 3.66. The highest BCUT2D eigenvalue weighted by Crippen LogP contribution is 2.43. The largest absolute Gasteiger partial charge is 0.496 e. The zero-order chi connectivity index (χ0) is 24.4. The number of carbonyl (C=O) groups excluding carboxylic acids is 2. The van der Waals surface area contributed by atoms with Crippen molar-refractivity contribution in [3.05, 3.63) is 54.0 Å². The highest BCUT2D eigenvalue weighted by atomic mass is 16.5. The minimum atomic E-state index is -0.284. The molecule has 0 N–H and O–H groups in total. The van der Waals surface area contributed by atoms with Gasteiger partial charge in [-0.2, -0.15) is 5.10 Å². The lowest BCUT2D eigenvalue weighted by atomic mass is 9.97. The summed E-state index contributed by atoms with van der Waals surface area (Å²) in [6, 6.07) is 9.51. The molecule has 0 spiro atoms. The fraction of sp³-hybridized carbons (Fsp3) is 0.423. The van der Waals surface area contributed by atoms with Crippen LogP contribution in [-0.4, -0.2) is 63.3 Å². The molecule has 9 heteroatoms. The number of piperidine rings is 1. The second kappa shape index (κ2) is 9.85. The van der Waals surface area contributed by atoms with Crippen LogP contribution in [0.2, 0.25) is 0 Å². The fourth-order valence-electron chi connectivity index (χ4n) is 4.67. The molecule has 1 amide bonds. The summed E-state index contributed by atoms with van der Waals surface area (Å²) in [6.45, 7) is 3.12. The van der Waals surface area contributed by atoms with Crippen LogP contribution in [-0.2, 0) is 9.53 Å². The Labute approximate surface area is 204 Å². The molecule has 2 fully saturated rings. The summed E-state index contributed by atoms with van der Waals surface area (Å²) >= 11 is 0. The van der Waals surface area contributed by atoms with Crippen LogP contribution >= 0.6 is 0 Å². The Morgan fingerprint density at radius 3 is 2.74 bits per heavy atom. The van der Waals surface area contributed by atoms with Gasteiger partial charge < -0.3 is 14.4 Å². The number of nitrogens with zero attached hydrogens (tertiary/aromatic N) is 5. The molecule has 182 valence electrons. The van der Waals surface area contributed by atoms with Crippen LogP contribution in [0.3, 0.4) is 0 Å². The Hall–Kier alpha value is -3.75. The van der Waals surface area contributed by atoms with E-state index in [4.69, 9.17) is 14.5 Å². The predicted octanol–water partition coefficient (Wildman–Crippen LogP) is 3.63. The zero-order valence-corrected chi connectivity index (χ0v) is 20.0. The van der Waals surface area contributed by atoms with E-state index in [0.29, 0.717) is 36.9 Å². The molecule has 2 aromatic heterocycles. The molecule has 1 saturated carbocycles. The van der Waals surface area contributed by atoms with E-state index in [1.807, 2.05) is 30.3 Å². The Bertz CT molecular complexity index is 1240. The van der Waals surface area contributed by atoms with Crippen molar-refractivity contribution in [3.63, 3.8) is 0 Å². The van der Waals surface area contributed by atoms with Gasteiger partial charge in [0.15, 0.2) is 0 Å². The number of carbonyl (C=O) groups is 2. The minimum absolute atomic E-state index is 0.104. The quantitative estimate of drug-likeness (QED) is 0.481. The third-order valence-corrected chi connectivity index (χ3v) is 6.54. The summed E-state index contributed by atoms with van der Waals surface area (Å²) in [6.07, 6.45) is 6.79. The molecular weight excluding hydrogens is 446 g/mol. The van der Waals surface area contributed by atoms with Gasteiger partial charge >= 0.3 is 5.97 Å².